The van der Waals surface area contributed by atoms with Gasteiger partial charge in [-0.1, -0.05) is 58.7 Å². The van der Waals surface area contributed by atoms with E-state index in [0.29, 0.717) is 33.7 Å². The summed E-state index contributed by atoms with van der Waals surface area (Å²) < 4.78 is 7.10. The Kier molecular flexibility index (Phi) is 5.38. The molecule has 0 spiro atoms. The highest BCUT2D eigenvalue weighted by atomic mass is 35.5. The van der Waals surface area contributed by atoms with Crippen LogP contribution in [0.3, 0.4) is 0 Å². The van der Waals surface area contributed by atoms with Crippen LogP contribution in [0.15, 0.2) is 65.2 Å². The summed E-state index contributed by atoms with van der Waals surface area (Å²) in [6.07, 6.45) is 0. The predicted molar refractivity (Wildman–Crippen MR) is 112 cm³/mol. The number of carbonyl (C=O) groups is 1. The van der Waals surface area contributed by atoms with Crippen molar-refractivity contribution in [1.82, 2.24) is 14.9 Å². The molecule has 0 saturated carbocycles. The van der Waals surface area contributed by atoms with E-state index in [-0.39, 0.29) is 5.69 Å². The maximum atomic E-state index is 12.5. The van der Waals surface area contributed by atoms with Crippen LogP contribution < -0.4 is 5.32 Å². The number of amides is 1. The third-order valence-electron chi connectivity index (χ3n) is 4.34. The number of aromatic nitrogens is 3. The molecule has 0 aliphatic heterocycles. The molecule has 2 aromatic carbocycles. The van der Waals surface area contributed by atoms with E-state index in [4.69, 9.17) is 27.7 Å². The molecule has 0 radical (unpaired) electrons. The highest BCUT2D eigenvalue weighted by Crippen LogP contribution is 2.30. The van der Waals surface area contributed by atoms with Gasteiger partial charge in [0.05, 0.1) is 11.6 Å². The van der Waals surface area contributed by atoms with E-state index in [2.05, 4.69) is 15.6 Å². The fraction of sp³-hybridized carbons (Fsp3) is 0.0952. The third-order valence-corrected chi connectivity index (χ3v) is 4.89. The summed E-state index contributed by atoms with van der Waals surface area (Å²) in [5.41, 5.74) is 2.78. The monoisotopic (exact) mass is 426 g/mol. The highest BCUT2D eigenvalue weighted by Gasteiger charge is 2.17. The molecule has 1 amide bonds. The molecule has 29 heavy (non-hydrogen) atoms. The van der Waals surface area contributed by atoms with Crippen molar-refractivity contribution >= 4 is 34.9 Å². The van der Waals surface area contributed by atoms with E-state index in [1.54, 1.807) is 24.3 Å². The van der Waals surface area contributed by atoms with Gasteiger partial charge in [0.25, 0.3) is 5.91 Å². The van der Waals surface area contributed by atoms with Crippen molar-refractivity contribution in [2.24, 2.45) is 0 Å². The first-order valence-corrected chi connectivity index (χ1v) is 9.57. The summed E-state index contributed by atoms with van der Waals surface area (Å²) in [5.74, 6) is 0.398. The van der Waals surface area contributed by atoms with Gasteiger partial charge in [0.1, 0.15) is 0 Å². The van der Waals surface area contributed by atoms with Crippen LogP contribution in [0, 0.1) is 6.92 Å². The molecule has 2 aromatic heterocycles. The minimum Gasteiger partial charge on any atom is -0.355 e. The highest BCUT2D eigenvalue weighted by molar-refractivity contribution is 6.36. The first-order chi connectivity index (χ1) is 14.0. The van der Waals surface area contributed by atoms with Crippen molar-refractivity contribution in [2.45, 2.75) is 13.5 Å². The number of aryl methyl sites for hydroxylation is 1. The summed E-state index contributed by atoms with van der Waals surface area (Å²) in [6.45, 7) is 2.55. The first kappa shape index (κ1) is 19.2. The van der Waals surface area contributed by atoms with Gasteiger partial charge in [-0.15, -0.1) is 0 Å². The zero-order valence-electron chi connectivity index (χ0n) is 15.4. The van der Waals surface area contributed by atoms with E-state index in [0.717, 1.165) is 11.3 Å². The number of rotatable bonds is 5. The molecular formula is C21H16Cl2N4O2. The van der Waals surface area contributed by atoms with Crippen LogP contribution in [0.5, 0.6) is 0 Å². The number of benzene rings is 2. The maximum absolute atomic E-state index is 12.5. The third kappa shape index (κ3) is 4.34. The molecule has 4 rings (SSSR count). The fourth-order valence-electron chi connectivity index (χ4n) is 2.87. The normalized spacial score (nSPS) is 10.9. The van der Waals surface area contributed by atoms with Crippen molar-refractivity contribution in [3.63, 3.8) is 0 Å². The van der Waals surface area contributed by atoms with Gasteiger partial charge >= 0.3 is 0 Å². The molecule has 146 valence electrons. The standard InChI is InChI=1S/C21H16Cl2N4O2/c1-13-9-20(25-27(13)12-14-5-3-2-4-6-14)24-21(28)18-11-19(29-26-18)16-8-7-15(22)10-17(16)23/h2-11H,12H2,1H3,(H,24,25,28). The number of nitrogens with zero attached hydrogens (tertiary/aromatic N) is 3. The van der Waals surface area contributed by atoms with Crippen molar-refractivity contribution < 1.29 is 9.32 Å². The molecule has 2 heterocycles. The number of halogens is 2. The van der Waals surface area contributed by atoms with Gasteiger partial charge in [-0.25, -0.2) is 0 Å². The molecule has 1 N–H and O–H groups in total. The summed E-state index contributed by atoms with van der Waals surface area (Å²) in [5, 5.41) is 12.0. The molecule has 4 aromatic rings. The molecule has 6 nitrogen and oxygen atoms in total. The fourth-order valence-corrected chi connectivity index (χ4v) is 3.37. The van der Waals surface area contributed by atoms with Crippen LogP contribution in [0.2, 0.25) is 10.0 Å². The van der Waals surface area contributed by atoms with Crippen LogP contribution in [0.4, 0.5) is 5.82 Å². The number of nitrogens with one attached hydrogen (secondary N) is 1. The Morgan fingerprint density at radius 1 is 1.10 bits per heavy atom. The lowest BCUT2D eigenvalue weighted by molar-refractivity contribution is 0.101. The van der Waals surface area contributed by atoms with Crippen LogP contribution in [-0.4, -0.2) is 20.8 Å². The number of anilines is 1. The van der Waals surface area contributed by atoms with Crippen LogP contribution >= 0.6 is 23.2 Å². The second kappa shape index (κ2) is 8.11. The van der Waals surface area contributed by atoms with Gasteiger partial charge < -0.3 is 9.84 Å². The Balaban J connectivity index is 1.49. The Morgan fingerprint density at radius 3 is 2.66 bits per heavy atom. The summed E-state index contributed by atoms with van der Waals surface area (Å²) in [4.78, 5) is 12.5. The quantitative estimate of drug-likeness (QED) is 0.460. The smallest absolute Gasteiger partial charge is 0.279 e. The summed E-state index contributed by atoms with van der Waals surface area (Å²) in [6, 6.07) is 18.3. The van der Waals surface area contributed by atoms with E-state index in [1.165, 1.54) is 6.07 Å². The zero-order valence-corrected chi connectivity index (χ0v) is 16.9. The lowest BCUT2D eigenvalue weighted by Gasteiger charge is -2.04. The molecule has 0 bridgehead atoms. The lowest BCUT2D eigenvalue weighted by Crippen LogP contribution is -2.13. The molecule has 0 saturated heterocycles. The van der Waals surface area contributed by atoms with E-state index in [1.807, 2.05) is 41.9 Å². The van der Waals surface area contributed by atoms with Crippen molar-refractivity contribution in [3.05, 3.63) is 87.7 Å². The SMILES string of the molecule is Cc1cc(NC(=O)c2cc(-c3ccc(Cl)cc3Cl)on2)nn1Cc1ccccc1. The Labute approximate surface area is 177 Å². The summed E-state index contributed by atoms with van der Waals surface area (Å²) in [7, 11) is 0. The summed E-state index contributed by atoms with van der Waals surface area (Å²) >= 11 is 12.1. The zero-order chi connectivity index (χ0) is 20.4. The molecule has 8 heteroatoms. The van der Waals surface area contributed by atoms with Crippen LogP contribution in [0.25, 0.3) is 11.3 Å². The average Bonchev–Trinajstić information content (AvgIpc) is 3.30. The Bertz CT molecular complexity index is 1170. The van der Waals surface area contributed by atoms with E-state index >= 15 is 0 Å². The van der Waals surface area contributed by atoms with Crippen LogP contribution in [0.1, 0.15) is 21.7 Å². The van der Waals surface area contributed by atoms with Crippen molar-refractivity contribution in [3.8, 4) is 11.3 Å². The van der Waals surface area contributed by atoms with Gasteiger partial charge in [0.2, 0.25) is 0 Å². The number of carbonyl (C=O) groups excluding carboxylic acids is 1. The molecule has 0 unspecified atom stereocenters. The maximum Gasteiger partial charge on any atom is 0.279 e. The number of hydrogen-bond acceptors (Lipinski definition) is 4. The topological polar surface area (TPSA) is 73.0 Å². The molecule has 0 atom stereocenters. The Morgan fingerprint density at radius 2 is 1.90 bits per heavy atom. The Hall–Kier alpha value is -3.09. The molecule has 0 aliphatic rings. The van der Waals surface area contributed by atoms with E-state index < -0.39 is 5.91 Å². The minimum absolute atomic E-state index is 0.126. The lowest BCUT2D eigenvalue weighted by atomic mass is 10.1. The second-order valence-electron chi connectivity index (χ2n) is 6.47. The molecule has 0 fully saturated rings. The van der Waals surface area contributed by atoms with Gasteiger partial charge in [-0.05, 0) is 30.7 Å². The van der Waals surface area contributed by atoms with Gasteiger partial charge in [0, 0.05) is 28.4 Å². The van der Waals surface area contributed by atoms with Crippen molar-refractivity contribution in [2.75, 3.05) is 5.32 Å². The van der Waals surface area contributed by atoms with Gasteiger partial charge in [-0.3, -0.25) is 9.48 Å². The van der Waals surface area contributed by atoms with Gasteiger partial charge in [0.15, 0.2) is 17.3 Å². The van der Waals surface area contributed by atoms with E-state index in [9.17, 15) is 4.79 Å². The predicted octanol–water partition coefficient (Wildman–Crippen LogP) is 5.45. The molecular weight excluding hydrogens is 411 g/mol. The minimum atomic E-state index is -0.422. The van der Waals surface area contributed by atoms with Crippen LogP contribution in [-0.2, 0) is 6.54 Å². The van der Waals surface area contributed by atoms with Gasteiger partial charge in [-0.2, -0.15) is 5.10 Å². The van der Waals surface area contributed by atoms with Crippen molar-refractivity contribution in [1.29, 1.82) is 0 Å². The average molecular weight is 427 g/mol. The molecule has 0 aliphatic carbocycles. The second-order valence-corrected chi connectivity index (χ2v) is 7.31. The number of hydrogen-bond donors (Lipinski definition) is 1. The first-order valence-electron chi connectivity index (χ1n) is 8.81. The largest absolute Gasteiger partial charge is 0.355 e.